The summed E-state index contributed by atoms with van der Waals surface area (Å²) in [4.78, 5) is 5.32. The summed E-state index contributed by atoms with van der Waals surface area (Å²) in [5, 5.41) is 0. The van der Waals surface area contributed by atoms with Crippen molar-refractivity contribution in [3.63, 3.8) is 0 Å². The van der Waals surface area contributed by atoms with Crippen molar-refractivity contribution in [2.24, 2.45) is 0 Å². The SMILES string of the molecule is CCCCCCCCCCCCCCCCCCCC1N(CCCC)C=CN1CCCCCCCCC. The molecule has 37 heavy (non-hydrogen) atoms. The highest BCUT2D eigenvalue weighted by molar-refractivity contribution is 4.96. The molecule has 2 nitrogen and oxygen atoms in total. The van der Waals surface area contributed by atoms with Crippen molar-refractivity contribution in [3.8, 4) is 0 Å². The van der Waals surface area contributed by atoms with Gasteiger partial charge in [-0.1, -0.05) is 168 Å². The lowest BCUT2D eigenvalue weighted by atomic mass is 10.0. The van der Waals surface area contributed by atoms with Gasteiger partial charge in [0.1, 0.15) is 6.17 Å². The molecular weight excluding hydrogens is 448 g/mol. The standard InChI is InChI=1S/C35H70N2/c1-4-7-10-12-14-15-16-17-18-19-20-21-22-23-24-26-28-30-35-36(31-9-6-3)33-34-37(35)32-29-27-25-13-11-8-5-2/h33-35H,4-32H2,1-3H3. The molecule has 0 spiro atoms. The third-order valence-electron chi connectivity index (χ3n) is 8.57. The van der Waals surface area contributed by atoms with Crippen LogP contribution < -0.4 is 0 Å². The fourth-order valence-electron chi connectivity index (χ4n) is 5.98. The molecule has 0 saturated carbocycles. The van der Waals surface area contributed by atoms with Crippen molar-refractivity contribution in [2.45, 2.75) is 200 Å². The molecule has 1 heterocycles. The van der Waals surface area contributed by atoms with Gasteiger partial charge < -0.3 is 9.80 Å². The van der Waals surface area contributed by atoms with Crippen molar-refractivity contribution in [2.75, 3.05) is 13.1 Å². The maximum atomic E-state index is 2.67. The van der Waals surface area contributed by atoms with Crippen LogP contribution in [0, 0.1) is 0 Å². The van der Waals surface area contributed by atoms with Gasteiger partial charge in [0.15, 0.2) is 0 Å². The van der Waals surface area contributed by atoms with Crippen LogP contribution in [0.5, 0.6) is 0 Å². The van der Waals surface area contributed by atoms with Crippen LogP contribution in [-0.2, 0) is 0 Å². The van der Waals surface area contributed by atoms with E-state index in [0.717, 1.165) is 0 Å². The van der Waals surface area contributed by atoms with Gasteiger partial charge in [-0.25, -0.2) is 0 Å². The van der Waals surface area contributed by atoms with E-state index < -0.39 is 0 Å². The second-order valence-electron chi connectivity index (χ2n) is 12.2. The van der Waals surface area contributed by atoms with Crippen molar-refractivity contribution in [1.82, 2.24) is 9.80 Å². The molecule has 0 aromatic rings. The zero-order valence-corrected chi connectivity index (χ0v) is 26.1. The van der Waals surface area contributed by atoms with Gasteiger partial charge in [0, 0.05) is 25.5 Å². The quantitative estimate of drug-likeness (QED) is 0.0908. The largest absolute Gasteiger partial charge is 0.356 e. The van der Waals surface area contributed by atoms with E-state index in [2.05, 4.69) is 43.0 Å². The highest BCUT2D eigenvalue weighted by Gasteiger charge is 2.24. The first-order valence-corrected chi connectivity index (χ1v) is 17.5. The Morgan fingerprint density at radius 3 is 1.03 bits per heavy atom. The number of nitrogens with zero attached hydrogens (tertiary/aromatic N) is 2. The van der Waals surface area contributed by atoms with Crippen molar-refractivity contribution >= 4 is 0 Å². The van der Waals surface area contributed by atoms with Gasteiger partial charge in [0.2, 0.25) is 0 Å². The van der Waals surface area contributed by atoms with E-state index in [1.165, 1.54) is 186 Å². The maximum absolute atomic E-state index is 2.67. The Morgan fingerprint density at radius 2 is 0.649 bits per heavy atom. The number of unbranched alkanes of at least 4 members (excludes halogenated alkanes) is 23. The average molecular weight is 519 g/mol. The monoisotopic (exact) mass is 519 g/mol. The lowest BCUT2D eigenvalue weighted by Crippen LogP contribution is -2.39. The second kappa shape index (κ2) is 26.9. The lowest BCUT2D eigenvalue weighted by Gasteiger charge is -2.33. The molecule has 1 aliphatic rings. The van der Waals surface area contributed by atoms with Gasteiger partial charge in [-0.05, 0) is 25.7 Å². The van der Waals surface area contributed by atoms with Gasteiger partial charge in [-0.3, -0.25) is 0 Å². The van der Waals surface area contributed by atoms with E-state index in [4.69, 9.17) is 0 Å². The van der Waals surface area contributed by atoms with Crippen molar-refractivity contribution < 1.29 is 0 Å². The minimum atomic E-state index is 0.642. The van der Waals surface area contributed by atoms with Gasteiger partial charge in [0.25, 0.3) is 0 Å². The van der Waals surface area contributed by atoms with Crippen LogP contribution in [0.25, 0.3) is 0 Å². The summed E-state index contributed by atoms with van der Waals surface area (Å²) in [5.74, 6) is 0. The van der Waals surface area contributed by atoms with E-state index in [0.29, 0.717) is 6.17 Å². The molecule has 0 fully saturated rings. The Bertz CT molecular complexity index is 474. The maximum Gasteiger partial charge on any atom is 0.101 e. The molecule has 0 radical (unpaired) electrons. The highest BCUT2D eigenvalue weighted by Crippen LogP contribution is 2.23. The first kappa shape index (κ1) is 34.4. The number of rotatable bonds is 29. The average Bonchev–Trinajstić information content (AvgIpc) is 3.29. The van der Waals surface area contributed by atoms with Crippen LogP contribution in [0.2, 0.25) is 0 Å². The fraction of sp³-hybridized carbons (Fsp3) is 0.943. The fourth-order valence-corrected chi connectivity index (χ4v) is 5.98. The topological polar surface area (TPSA) is 6.48 Å². The molecule has 1 rings (SSSR count). The summed E-state index contributed by atoms with van der Waals surface area (Å²) in [6, 6.07) is 0. The summed E-state index contributed by atoms with van der Waals surface area (Å²) < 4.78 is 0. The van der Waals surface area contributed by atoms with E-state index in [1.807, 2.05) is 0 Å². The molecule has 0 saturated heterocycles. The van der Waals surface area contributed by atoms with Crippen LogP contribution in [0.4, 0.5) is 0 Å². The molecule has 1 aliphatic heterocycles. The number of hydrogen-bond acceptors (Lipinski definition) is 2. The third kappa shape index (κ3) is 20.0. The van der Waals surface area contributed by atoms with Crippen LogP contribution in [-0.4, -0.2) is 29.1 Å². The van der Waals surface area contributed by atoms with E-state index in [-0.39, 0.29) is 0 Å². The van der Waals surface area contributed by atoms with E-state index in [1.54, 1.807) is 0 Å². The Labute approximate surface area is 235 Å². The van der Waals surface area contributed by atoms with Crippen LogP contribution in [0.1, 0.15) is 194 Å². The summed E-state index contributed by atoms with van der Waals surface area (Å²) in [6.45, 7) is 9.44. The van der Waals surface area contributed by atoms with Gasteiger partial charge >= 0.3 is 0 Å². The Hall–Kier alpha value is -0.660. The van der Waals surface area contributed by atoms with Crippen LogP contribution in [0.15, 0.2) is 12.4 Å². The zero-order chi connectivity index (χ0) is 26.7. The normalized spacial score (nSPS) is 15.4. The van der Waals surface area contributed by atoms with Crippen molar-refractivity contribution in [3.05, 3.63) is 12.4 Å². The van der Waals surface area contributed by atoms with Gasteiger partial charge in [-0.2, -0.15) is 0 Å². The van der Waals surface area contributed by atoms with Crippen LogP contribution in [0.3, 0.4) is 0 Å². The van der Waals surface area contributed by atoms with Gasteiger partial charge in [-0.15, -0.1) is 0 Å². The predicted molar refractivity (Wildman–Crippen MR) is 168 cm³/mol. The van der Waals surface area contributed by atoms with Crippen molar-refractivity contribution in [1.29, 1.82) is 0 Å². The molecule has 1 unspecified atom stereocenters. The van der Waals surface area contributed by atoms with E-state index in [9.17, 15) is 0 Å². The first-order valence-electron chi connectivity index (χ1n) is 17.5. The Balaban J connectivity index is 2.01. The third-order valence-corrected chi connectivity index (χ3v) is 8.57. The molecule has 0 amide bonds. The second-order valence-corrected chi connectivity index (χ2v) is 12.2. The van der Waals surface area contributed by atoms with E-state index >= 15 is 0 Å². The first-order chi connectivity index (χ1) is 18.3. The Kier molecular flexibility index (Phi) is 25.0. The summed E-state index contributed by atoms with van der Waals surface area (Å²) in [5.41, 5.74) is 0. The summed E-state index contributed by atoms with van der Waals surface area (Å²) >= 11 is 0. The predicted octanol–water partition coefficient (Wildman–Crippen LogP) is 12.0. The molecule has 0 bridgehead atoms. The molecule has 0 N–H and O–H groups in total. The zero-order valence-electron chi connectivity index (χ0n) is 26.1. The minimum absolute atomic E-state index is 0.642. The smallest absolute Gasteiger partial charge is 0.101 e. The summed E-state index contributed by atoms with van der Waals surface area (Å²) in [6.07, 6.45) is 44.1. The molecule has 0 aromatic heterocycles. The highest BCUT2D eigenvalue weighted by atomic mass is 15.4. The molecular formula is C35H70N2. The van der Waals surface area contributed by atoms with Gasteiger partial charge in [0.05, 0.1) is 0 Å². The molecule has 0 aliphatic carbocycles. The molecule has 220 valence electrons. The molecule has 2 heteroatoms. The minimum Gasteiger partial charge on any atom is -0.356 e. The summed E-state index contributed by atoms with van der Waals surface area (Å²) in [7, 11) is 0. The van der Waals surface area contributed by atoms with Crippen LogP contribution >= 0.6 is 0 Å². The molecule has 0 aromatic carbocycles. The lowest BCUT2D eigenvalue weighted by molar-refractivity contribution is 0.136. The number of hydrogen-bond donors (Lipinski definition) is 0. The molecule has 1 atom stereocenters. The Morgan fingerprint density at radius 1 is 0.351 bits per heavy atom.